The Kier molecular flexibility index (Phi) is 3.42. The lowest BCUT2D eigenvalue weighted by Crippen LogP contribution is -2.47. The van der Waals surface area contributed by atoms with Crippen LogP contribution in [0.5, 0.6) is 0 Å². The maximum Gasteiger partial charge on any atom is 0.407 e. The van der Waals surface area contributed by atoms with Crippen LogP contribution in [0.1, 0.15) is 30.7 Å². The van der Waals surface area contributed by atoms with E-state index in [-0.39, 0.29) is 12.1 Å². The van der Waals surface area contributed by atoms with Crippen molar-refractivity contribution in [1.82, 2.24) is 10.2 Å². The maximum atomic E-state index is 11.6. The first kappa shape index (κ1) is 12.5. The van der Waals surface area contributed by atoms with Crippen LogP contribution >= 0.6 is 0 Å². The van der Waals surface area contributed by atoms with Crippen LogP contribution in [0.2, 0.25) is 0 Å². The van der Waals surface area contributed by atoms with Crippen LogP contribution in [0.3, 0.4) is 0 Å². The van der Waals surface area contributed by atoms with Crippen molar-refractivity contribution < 1.29 is 9.90 Å². The minimum absolute atomic E-state index is 0.183. The van der Waals surface area contributed by atoms with Gasteiger partial charge in [0, 0.05) is 18.0 Å². The monoisotopic (exact) mass is 260 g/mol. The Balaban J connectivity index is 1.71. The smallest absolute Gasteiger partial charge is 0.407 e. The number of piperidine rings is 1. The van der Waals surface area contributed by atoms with Crippen LogP contribution in [0.4, 0.5) is 4.79 Å². The van der Waals surface area contributed by atoms with Gasteiger partial charge >= 0.3 is 6.09 Å². The topological polar surface area (TPSA) is 52.6 Å². The summed E-state index contributed by atoms with van der Waals surface area (Å²) in [6.07, 6.45) is 2.09. The molecular weight excluding hydrogens is 240 g/mol. The van der Waals surface area contributed by atoms with Crippen LogP contribution in [-0.4, -0.2) is 41.3 Å². The third kappa shape index (κ3) is 2.59. The molecular formula is C15H20N2O2. The predicted octanol–water partition coefficient (Wildman–Crippen LogP) is 2.27. The summed E-state index contributed by atoms with van der Waals surface area (Å²) in [7, 11) is 0. The molecule has 0 radical (unpaired) electrons. The highest BCUT2D eigenvalue weighted by molar-refractivity contribution is 5.67. The van der Waals surface area contributed by atoms with Crippen LogP contribution in [0.25, 0.3) is 0 Å². The maximum absolute atomic E-state index is 11.6. The average Bonchev–Trinajstić information content (AvgIpc) is 3.21. The number of benzene rings is 1. The zero-order valence-corrected chi connectivity index (χ0v) is 11.0. The van der Waals surface area contributed by atoms with Gasteiger partial charge in [0.25, 0.3) is 0 Å². The fourth-order valence-electron chi connectivity index (χ4n) is 3.20. The van der Waals surface area contributed by atoms with E-state index in [4.69, 9.17) is 0 Å². The zero-order valence-electron chi connectivity index (χ0n) is 11.0. The van der Waals surface area contributed by atoms with Gasteiger partial charge in [-0.05, 0) is 37.9 Å². The normalized spacial score (nSPS) is 26.9. The summed E-state index contributed by atoms with van der Waals surface area (Å²) < 4.78 is 0. The SMILES string of the molecule is O=C(O)N(C1CCNCC1)[C@H]1C[C@H]1c1ccccc1. The molecule has 1 saturated heterocycles. The molecule has 19 heavy (non-hydrogen) atoms. The zero-order chi connectivity index (χ0) is 13.2. The van der Waals surface area contributed by atoms with Gasteiger partial charge in [0.05, 0.1) is 0 Å². The van der Waals surface area contributed by atoms with Crippen molar-refractivity contribution >= 4 is 6.09 Å². The van der Waals surface area contributed by atoms with Gasteiger partial charge in [-0.2, -0.15) is 0 Å². The van der Waals surface area contributed by atoms with E-state index >= 15 is 0 Å². The molecule has 2 N–H and O–H groups in total. The third-order valence-corrected chi connectivity index (χ3v) is 4.26. The Morgan fingerprint density at radius 2 is 1.89 bits per heavy atom. The van der Waals surface area contributed by atoms with Gasteiger partial charge in [0.1, 0.15) is 0 Å². The van der Waals surface area contributed by atoms with E-state index in [2.05, 4.69) is 17.4 Å². The number of amides is 1. The second-order valence-corrected chi connectivity index (χ2v) is 5.49. The molecule has 1 aromatic carbocycles. The lowest BCUT2D eigenvalue weighted by atomic mass is 10.0. The highest BCUT2D eigenvalue weighted by Crippen LogP contribution is 2.46. The first-order chi connectivity index (χ1) is 9.27. The van der Waals surface area contributed by atoms with Gasteiger partial charge < -0.3 is 15.3 Å². The second-order valence-electron chi connectivity index (χ2n) is 5.49. The van der Waals surface area contributed by atoms with Crippen molar-refractivity contribution in [3.63, 3.8) is 0 Å². The van der Waals surface area contributed by atoms with Crippen LogP contribution in [0.15, 0.2) is 30.3 Å². The van der Waals surface area contributed by atoms with Crippen LogP contribution in [-0.2, 0) is 0 Å². The van der Waals surface area contributed by atoms with E-state index < -0.39 is 6.09 Å². The number of nitrogens with one attached hydrogen (secondary N) is 1. The summed E-state index contributed by atoms with van der Waals surface area (Å²) in [6.45, 7) is 1.86. The molecule has 102 valence electrons. The largest absolute Gasteiger partial charge is 0.465 e. The van der Waals surface area contributed by atoms with Gasteiger partial charge in [0.2, 0.25) is 0 Å². The first-order valence-corrected chi connectivity index (χ1v) is 7.04. The van der Waals surface area contributed by atoms with E-state index in [9.17, 15) is 9.90 Å². The Bertz CT molecular complexity index is 443. The summed E-state index contributed by atoms with van der Waals surface area (Å²) in [4.78, 5) is 13.3. The molecule has 0 spiro atoms. The summed E-state index contributed by atoms with van der Waals surface area (Å²) in [5.41, 5.74) is 1.27. The molecule has 4 nitrogen and oxygen atoms in total. The van der Waals surface area contributed by atoms with Crippen molar-refractivity contribution in [1.29, 1.82) is 0 Å². The third-order valence-electron chi connectivity index (χ3n) is 4.26. The molecule has 3 rings (SSSR count). The van der Waals surface area contributed by atoms with Crippen LogP contribution in [0, 0.1) is 0 Å². The van der Waals surface area contributed by atoms with Gasteiger partial charge in [-0.1, -0.05) is 30.3 Å². The Labute approximate surface area is 113 Å². The number of nitrogens with zero attached hydrogens (tertiary/aromatic N) is 1. The summed E-state index contributed by atoms with van der Waals surface area (Å²) in [5, 5.41) is 12.8. The molecule has 0 bridgehead atoms. The molecule has 1 aliphatic carbocycles. The minimum Gasteiger partial charge on any atom is -0.465 e. The van der Waals surface area contributed by atoms with E-state index in [0.29, 0.717) is 5.92 Å². The van der Waals surface area contributed by atoms with E-state index in [1.807, 2.05) is 18.2 Å². The standard InChI is InChI=1S/C15H20N2O2/c18-15(19)17(12-6-8-16-9-7-12)14-10-13(14)11-4-2-1-3-5-11/h1-5,12-14,16H,6-10H2,(H,18,19)/t13-,14-/m0/s1. The number of hydrogen-bond donors (Lipinski definition) is 2. The Hall–Kier alpha value is -1.55. The molecule has 1 heterocycles. The van der Waals surface area contributed by atoms with Crippen molar-refractivity contribution in [2.75, 3.05) is 13.1 Å². The lowest BCUT2D eigenvalue weighted by molar-refractivity contribution is 0.108. The quantitative estimate of drug-likeness (QED) is 0.876. The number of carbonyl (C=O) groups is 1. The van der Waals surface area contributed by atoms with Gasteiger partial charge in [-0.15, -0.1) is 0 Å². The highest BCUT2D eigenvalue weighted by Gasteiger charge is 2.47. The number of rotatable bonds is 3. The molecule has 0 unspecified atom stereocenters. The second kappa shape index (κ2) is 5.21. The number of carboxylic acid groups (broad SMARTS) is 1. The molecule has 1 aromatic rings. The fraction of sp³-hybridized carbons (Fsp3) is 0.533. The van der Waals surface area contributed by atoms with Gasteiger partial charge in [-0.3, -0.25) is 0 Å². The summed E-state index contributed by atoms with van der Waals surface area (Å²) in [6, 6.07) is 10.6. The predicted molar refractivity (Wildman–Crippen MR) is 73.3 cm³/mol. The van der Waals surface area contributed by atoms with E-state index in [1.54, 1.807) is 4.90 Å². The lowest BCUT2D eigenvalue weighted by Gasteiger charge is -2.33. The minimum atomic E-state index is -0.754. The summed E-state index contributed by atoms with van der Waals surface area (Å²) >= 11 is 0. The first-order valence-electron chi connectivity index (χ1n) is 7.04. The molecule has 4 heteroatoms. The molecule has 2 fully saturated rings. The van der Waals surface area contributed by atoms with Gasteiger partial charge in [-0.25, -0.2) is 4.79 Å². The Morgan fingerprint density at radius 3 is 2.53 bits per heavy atom. The highest BCUT2D eigenvalue weighted by atomic mass is 16.4. The van der Waals surface area contributed by atoms with E-state index in [1.165, 1.54) is 5.56 Å². The molecule has 2 aliphatic rings. The van der Waals surface area contributed by atoms with Crippen molar-refractivity contribution in [3.05, 3.63) is 35.9 Å². The van der Waals surface area contributed by atoms with Crippen LogP contribution < -0.4 is 5.32 Å². The van der Waals surface area contributed by atoms with Crippen molar-refractivity contribution in [2.24, 2.45) is 0 Å². The number of hydrogen-bond acceptors (Lipinski definition) is 2. The van der Waals surface area contributed by atoms with Crippen molar-refractivity contribution in [2.45, 2.75) is 37.3 Å². The average molecular weight is 260 g/mol. The summed E-state index contributed by atoms with van der Waals surface area (Å²) in [5.74, 6) is 0.396. The molecule has 2 atom stereocenters. The Morgan fingerprint density at radius 1 is 1.21 bits per heavy atom. The fourth-order valence-corrected chi connectivity index (χ4v) is 3.20. The van der Waals surface area contributed by atoms with Crippen molar-refractivity contribution in [3.8, 4) is 0 Å². The van der Waals surface area contributed by atoms with Gasteiger partial charge in [0.15, 0.2) is 0 Å². The molecule has 1 amide bonds. The molecule has 1 aliphatic heterocycles. The molecule has 0 aromatic heterocycles. The molecule has 1 saturated carbocycles. The van der Waals surface area contributed by atoms with E-state index in [0.717, 1.165) is 32.4 Å².